The molecule has 1 aromatic carbocycles. The molecule has 0 saturated carbocycles. The van der Waals surface area contributed by atoms with Crippen LogP contribution in [0, 0.1) is 0 Å². The lowest BCUT2D eigenvalue weighted by molar-refractivity contribution is -0.126. The summed E-state index contributed by atoms with van der Waals surface area (Å²) in [7, 11) is 0. The lowest BCUT2D eigenvalue weighted by Gasteiger charge is -2.08. The van der Waals surface area contributed by atoms with Crippen molar-refractivity contribution in [3.05, 3.63) is 28.2 Å². The van der Waals surface area contributed by atoms with Gasteiger partial charge in [-0.2, -0.15) is 8.78 Å². The van der Waals surface area contributed by atoms with E-state index in [0.29, 0.717) is 4.47 Å². The predicted molar refractivity (Wildman–Crippen MR) is 64.7 cm³/mol. The van der Waals surface area contributed by atoms with E-state index in [-0.39, 0.29) is 17.9 Å². The maximum atomic E-state index is 12.1. The second-order valence-corrected chi connectivity index (χ2v) is 4.06. The molecule has 0 aliphatic rings. The van der Waals surface area contributed by atoms with Crippen LogP contribution in [0.4, 0.5) is 14.5 Å². The summed E-state index contributed by atoms with van der Waals surface area (Å²) < 4.78 is 29.2. The van der Waals surface area contributed by atoms with Crippen LogP contribution in [0.1, 0.15) is 17.3 Å². The Morgan fingerprint density at radius 1 is 1.44 bits per heavy atom. The van der Waals surface area contributed by atoms with E-state index >= 15 is 0 Å². The highest BCUT2D eigenvalue weighted by Crippen LogP contribution is 2.24. The largest absolute Gasteiger partial charge is 0.462 e. The van der Waals surface area contributed by atoms with E-state index in [1.807, 2.05) is 5.32 Å². The van der Waals surface area contributed by atoms with Crippen LogP contribution in [0.25, 0.3) is 0 Å². The third kappa shape index (κ3) is 3.76. The molecule has 4 nitrogen and oxygen atoms in total. The van der Waals surface area contributed by atoms with Crippen LogP contribution in [-0.2, 0) is 9.53 Å². The lowest BCUT2D eigenvalue weighted by atomic mass is 10.2. The van der Waals surface area contributed by atoms with Crippen molar-refractivity contribution in [1.82, 2.24) is 0 Å². The summed E-state index contributed by atoms with van der Waals surface area (Å²) in [6, 6.07) is 4.11. The highest BCUT2D eigenvalue weighted by molar-refractivity contribution is 9.10. The third-order valence-corrected chi connectivity index (χ3v) is 2.59. The minimum atomic E-state index is -3.10. The second-order valence-electron chi connectivity index (χ2n) is 3.21. The molecule has 98 valence electrons. The fourth-order valence-corrected chi connectivity index (χ4v) is 1.62. The van der Waals surface area contributed by atoms with Gasteiger partial charge in [-0.1, -0.05) is 0 Å². The number of alkyl halides is 2. The molecule has 1 N–H and O–H groups in total. The zero-order valence-corrected chi connectivity index (χ0v) is 11.0. The minimum absolute atomic E-state index is 0.161. The Labute approximate surface area is 110 Å². The van der Waals surface area contributed by atoms with Gasteiger partial charge in [-0.15, -0.1) is 0 Å². The van der Waals surface area contributed by atoms with E-state index in [1.165, 1.54) is 18.2 Å². The first kappa shape index (κ1) is 14.6. The molecule has 1 amide bonds. The van der Waals surface area contributed by atoms with Crippen molar-refractivity contribution >= 4 is 33.5 Å². The van der Waals surface area contributed by atoms with Gasteiger partial charge in [0.2, 0.25) is 0 Å². The van der Waals surface area contributed by atoms with Gasteiger partial charge in [0.05, 0.1) is 17.9 Å². The highest BCUT2D eigenvalue weighted by Gasteiger charge is 2.17. The van der Waals surface area contributed by atoms with Crippen molar-refractivity contribution in [2.24, 2.45) is 0 Å². The molecule has 0 aliphatic carbocycles. The van der Waals surface area contributed by atoms with Gasteiger partial charge in [0.1, 0.15) is 0 Å². The Kier molecular flexibility index (Phi) is 5.21. The van der Waals surface area contributed by atoms with Crippen molar-refractivity contribution in [2.75, 3.05) is 11.9 Å². The maximum absolute atomic E-state index is 12.1. The van der Waals surface area contributed by atoms with Crippen LogP contribution >= 0.6 is 15.9 Å². The topological polar surface area (TPSA) is 55.4 Å². The van der Waals surface area contributed by atoms with Crippen molar-refractivity contribution < 1.29 is 23.1 Å². The van der Waals surface area contributed by atoms with Crippen molar-refractivity contribution in [3.63, 3.8) is 0 Å². The van der Waals surface area contributed by atoms with E-state index in [0.717, 1.165) is 0 Å². The number of anilines is 1. The van der Waals surface area contributed by atoms with E-state index < -0.39 is 18.3 Å². The molecule has 7 heteroatoms. The first-order valence-electron chi connectivity index (χ1n) is 5.01. The SMILES string of the molecule is CCOC(=O)c1ccc(NC(=O)C(F)F)c(Br)c1. The van der Waals surface area contributed by atoms with Gasteiger partial charge in [-0.25, -0.2) is 4.79 Å². The summed E-state index contributed by atoms with van der Waals surface area (Å²) in [5.74, 6) is -1.93. The van der Waals surface area contributed by atoms with E-state index in [2.05, 4.69) is 15.9 Å². The smallest absolute Gasteiger partial charge is 0.338 e. The summed E-state index contributed by atoms with van der Waals surface area (Å²) in [4.78, 5) is 22.2. The number of esters is 1. The number of rotatable bonds is 4. The quantitative estimate of drug-likeness (QED) is 0.867. The van der Waals surface area contributed by atoms with Crippen molar-refractivity contribution in [2.45, 2.75) is 13.3 Å². The zero-order chi connectivity index (χ0) is 13.7. The molecule has 0 aromatic heterocycles. The number of hydrogen-bond donors (Lipinski definition) is 1. The standard InChI is InChI=1S/C11H10BrF2NO3/c1-2-18-11(17)6-3-4-8(7(12)5-6)15-10(16)9(13)14/h3-5,9H,2H2,1H3,(H,15,16). The first-order valence-corrected chi connectivity index (χ1v) is 5.80. The average Bonchev–Trinajstić information content (AvgIpc) is 2.31. The normalized spacial score (nSPS) is 10.3. The Bertz CT molecular complexity index is 466. The number of carbonyl (C=O) groups is 2. The molecule has 0 bridgehead atoms. The Morgan fingerprint density at radius 3 is 2.61 bits per heavy atom. The molecule has 0 spiro atoms. The highest BCUT2D eigenvalue weighted by atomic mass is 79.9. The molecule has 0 atom stereocenters. The molecule has 0 unspecified atom stereocenters. The van der Waals surface area contributed by atoms with Gasteiger partial charge >= 0.3 is 12.4 Å². The van der Waals surface area contributed by atoms with E-state index in [4.69, 9.17) is 4.74 Å². The molecule has 0 radical (unpaired) electrons. The molecule has 1 aromatic rings. The zero-order valence-electron chi connectivity index (χ0n) is 9.38. The number of halogens is 3. The molecule has 1 rings (SSSR count). The number of amides is 1. The minimum Gasteiger partial charge on any atom is -0.462 e. The van der Waals surface area contributed by atoms with Gasteiger partial charge in [-0.3, -0.25) is 4.79 Å². The Morgan fingerprint density at radius 2 is 2.11 bits per heavy atom. The molecule has 0 heterocycles. The Balaban J connectivity index is 2.86. The first-order chi connectivity index (χ1) is 8.45. The molecule has 0 aliphatic heterocycles. The maximum Gasteiger partial charge on any atom is 0.338 e. The number of carbonyl (C=O) groups excluding carboxylic acids is 2. The van der Waals surface area contributed by atoms with E-state index in [9.17, 15) is 18.4 Å². The molecular weight excluding hydrogens is 312 g/mol. The lowest BCUT2D eigenvalue weighted by Crippen LogP contribution is -2.20. The van der Waals surface area contributed by atoms with Crippen LogP contribution < -0.4 is 5.32 Å². The molecule has 18 heavy (non-hydrogen) atoms. The van der Waals surface area contributed by atoms with Gasteiger partial charge in [-0.05, 0) is 41.1 Å². The number of hydrogen-bond acceptors (Lipinski definition) is 3. The van der Waals surface area contributed by atoms with Gasteiger partial charge in [0, 0.05) is 4.47 Å². The molecular formula is C11H10BrF2NO3. The summed E-state index contributed by atoms with van der Waals surface area (Å²) in [6.07, 6.45) is -3.10. The second kappa shape index (κ2) is 6.44. The van der Waals surface area contributed by atoms with Crippen LogP contribution in [0.3, 0.4) is 0 Å². The third-order valence-electron chi connectivity index (χ3n) is 1.94. The van der Waals surface area contributed by atoms with Crippen LogP contribution in [0.15, 0.2) is 22.7 Å². The van der Waals surface area contributed by atoms with Crippen molar-refractivity contribution in [3.8, 4) is 0 Å². The van der Waals surface area contributed by atoms with Gasteiger partial charge < -0.3 is 10.1 Å². The number of benzene rings is 1. The van der Waals surface area contributed by atoms with Crippen molar-refractivity contribution in [1.29, 1.82) is 0 Å². The number of ether oxygens (including phenoxy) is 1. The summed E-state index contributed by atoms with van der Waals surface area (Å²) in [5, 5.41) is 2.02. The fourth-order valence-electron chi connectivity index (χ4n) is 1.15. The summed E-state index contributed by atoms with van der Waals surface area (Å²) in [5.41, 5.74) is 0.423. The molecule has 0 saturated heterocycles. The van der Waals surface area contributed by atoms with Gasteiger partial charge in [0.15, 0.2) is 0 Å². The van der Waals surface area contributed by atoms with Crippen LogP contribution in [0.2, 0.25) is 0 Å². The summed E-state index contributed by atoms with van der Waals surface area (Å²) in [6.45, 7) is 1.91. The monoisotopic (exact) mass is 321 g/mol. The number of nitrogens with one attached hydrogen (secondary N) is 1. The summed E-state index contributed by atoms with van der Waals surface area (Å²) >= 11 is 3.08. The Hall–Kier alpha value is -1.50. The van der Waals surface area contributed by atoms with E-state index in [1.54, 1.807) is 6.92 Å². The average molecular weight is 322 g/mol. The predicted octanol–water partition coefficient (Wildman–Crippen LogP) is 2.83. The van der Waals surface area contributed by atoms with Gasteiger partial charge in [0.25, 0.3) is 5.91 Å². The molecule has 0 fully saturated rings. The van der Waals surface area contributed by atoms with Crippen LogP contribution in [0.5, 0.6) is 0 Å². The fraction of sp³-hybridized carbons (Fsp3) is 0.273. The van der Waals surface area contributed by atoms with Crippen LogP contribution in [-0.4, -0.2) is 24.9 Å².